The molecule has 11 heteroatoms. The molecule has 3 aliphatic carbocycles. The molecule has 0 radical (unpaired) electrons. The Bertz CT molecular complexity index is 1660. The Morgan fingerprint density at radius 2 is 1.95 bits per heavy atom. The Morgan fingerprint density at radius 3 is 2.67 bits per heavy atom. The summed E-state index contributed by atoms with van der Waals surface area (Å²) in [7, 11) is 1.54. The molecule has 0 spiro atoms. The van der Waals surface area contributed by atoms with Crippen LogP contribution in [-0.2, 0) is 4.74 Å². The maximum atomic E-state index is 14.4. The van der Waals surface area contributed by atoms with E-state index in [2.05, 4.69) is 15.0 Å². The Hall–Kier alpha value is -4.25. The van der Waals surface area contributed by atoms with Gasteiger partial charge in [-0.15, -0.1) is 13.2 Å². The standard InChI is InChI=1S/C28H23F4N5O2/c1-38-27-21(3-2-12-33-27)36-22-14-24-26(15-23(22)34-17-5-6-17)37(25-13-16(29)4-11-20(25)35-24)18-7-9-19(10-8-18)39-28(30,31)32/h2-4,7-9,11-15,17,19,36H,5-6,10H2,1H3. The monoisotopic (exact) mass is 537 g/mol. The van der Waals surface area contributed by atoms with E-state index in [1.807, 2.05) is 18.2 Å². The highest BCUT2D eigenvalue weighted by Gasteiger charge is 2.33. The summed E-state index contributed by atoms with van der Waals surface area (Å²) in [6.45, 7) is 0. The first kappa shape index (κ1) is 25.1. The highest BCUT2D eigenvalue weighted by atomic mass is 19.4. The number of fused-ring (bicyclic) bond motifs is 2. The maximum absolute atomic E-state index is 14.4. The van der Waals surface area contributed by atoms with Crippen LogP contribution < -0.4 is 15.4 Å². The quantitative estimate of drug-likeness (QED) is 0.234. The van der Waals surface area contributed by atoms with Crippen LogP contribution >= 0.6 is 0 Å². The summed E-state index contributed by atoms with van der Waals surface area (Å²) in [6, 6.07) is 11.8. The zero-order valence-corrected chi connectivity index (χ0v) is 20.7. The third kappa shape index (κ3) is 5.35. The van der Waals surface area contributed by atoms with E-state index in [-0.39, 0.29) is 12.5 Å². The lowest BCUT2D eigenvalue weighted by Gasteiger charge is -2.24. The molecule has 0 saturated heterocycles. The first-order valence-corrected chi connectivity index (χ1v) is 12.4. The smallest absolute Gasteiger partial charge is 0.480 e. The predicted octanol–water partition coefficient (Wildman–Crippen LogP) is 6.20. The van der Waals surface area contributed by atoms with Crippen molar-refractivity contribution in [1.82, 2.24) is 14.5 Å². The van der Waals surface area contributed by atoms with Crippen molar-refractivity contribution in [2.75, 3.05) is 12.4 Å². The molecule has 4 aliphatic rings. The number of anilines is 2. The molecule has 39 heavy (non-hydrogen) atoms. The molecule has 1 aromatic carbocycles. The number of methoxy groups -OCH3 is 1. The fourth-order valence-electron chi connectivity index (χ4n) is 4.56. The molecule has 2 heterocycles. The zero-order valence-electron chi connectivity index (χ0n) is 20.7. The van der Waals surface area contributed by atoms with E-state index in [1.165, 1.54) is 25.3 Å². The van der Waals surface area contributed by atoms with Crippen molar-refractivity contribution in [2.45, 2.75) is 37.8 Å². The maximum Gasteiger partial charge on any atom is 0.523 e. The lowest BCUT2D eigenvalue weighted by Crippen LogP contribution is -2.23. The van der Waals surface area contributed by atoms with Crippen LogP contribution in [-0.4, -0.2) is 40.2 Å². The molecule has 1 N–H and O–H groups in total. The molecule has 7 nitrogen and oxygen atoms in total. The summed E-state index contributed by atoms with van der Waals surface area (Å²) in [5.74, 6) is -0.0407. The van der Waals surface area contributed by atoms with Gasteiger partial charge in [0, 0.05) is 18.0 Å². The number of rotatable bonds is 6. The number of nitrogens with zero attached hydrogens (tertiary/aromatic N) is 4. The van der Waals surface area contributed by atoms with Gasteiger partial charge in [0.1, 0.15) is 11.5 Å². The van der Waals surface area contributed by atoms with E-state index in [9.17, 15) is 17.6 Å². The zero-order chi connectivity index (χ0) is 27.1. The van der Waals surface area contributed by atoms with Crippen molar-refractivity contribution in [3.8, 4) is 17.3 Å². The fraction of sp³-hybridized carbons (Fsp3) is 0.250. The van der Waals surface area contributed by atoms with Gasteiger partial charge in [-0.3, -0.25) is 9.73 Å². The number of ether oxygens (including phenoxy) is 2. The third-order valence-electron chi connectivity index (χ3n) is 6.44. The van der Waals surface area contributed by atoms with Crippen molar-refractivity contribution < 1.29 is 27.0 Å². The highest BCUT2D eigenvalue weighted by Crippen LogP contribution is 2.34. The van der Waals surface area contributed by atoms with Gasteiger partial charge >= 0.3 is 6.36 Å². The van der Waals surface area contributed by atoms with Crippen molar-refractivity contribution in [3.63, 3.8) is 0 Å². The summed E-state index contributed by atoms with van der Waals surface area (Å²) in [5, 5.41) is 4.03. The molecule has 6 rings (SSSR count). The second kappa shape index (κ2) is 9.81. The van der Waals surface area contributed by atoms with Crippen LogP contribution in [0.2, 0.25) is 0 Å². The molecule has 2 aromatic rings. The van der Waals surface area contributed by atoms with Crippen LogP contribution in [0.4, 0.5) is 28.9 Å². The minimum absolute atomic E-state index is 0.00127. The summed E-state index contributed by atoms with van der Waals surface area (Å²) in [4.78, 5) is 13.9. The fourth-order valence-corrected chi connectivity index (χ4v) is 4.56. The van der Waals surface area contributed by atoms with Gasteiger partial charge in [-0.05, 0) is 61.7 Å². The van der Waals surface area contributed by atoms with Crippen LogP contribution in [0, 0.1) is 5.82 Å². The van der Waals surface area contributed by atoms with Crippen molar-refractivity contribution in [3.05, 3.63) is 78.1 Å². The Morgan fingerprint density at radius 1 is 1.10 bits per heavy atom. The molecule has 0 amide bonds. The predicted molar refractivity (Wildman–Crippen MR) is 138 cm³/mol. The second-order valence-corrected chi connectivity index (χ2v) is 9.31. The topological polar surface area (TPSA) is 73.6 Å². The van der Waals surface area contributed by atoms with Gasteiger partial charge in [0.25, 0.3) is 0 Å². The van der Waals surface area contributed by atoms with Gasteiger partial charge in [0.15, 0.2) is 0 Å². The molecule has 1 fully saturated rings. The molecular formula is C28H23F4N5O2. The van der Waals surface area contributed by atoms with E-state index in [1.54, 1.807) is 35.0 Å². The number of hydrogen-bond donors (Lipinski definition) is 1. The van der Waals surface area contributed by atoms with Crippen LogP contribution in [0.3, 0.4) is 0 Å². The minimum atomic E-state index is -4.74. The third-order valence-corrected chi connectivity index (χ3v) is 6.44. The van der Waals surface area contributed by atoms with Crippen LogP contribution in [0.15, 0.2) is 71.9 Å². The number of halogens is 4. The van der Waals surface area contributed by atoms with Crippen LogP contribution in [0.1, 0.15) is 19.3 Å². The van der Waals surface area contributed by atoms with E-state index in [4.69, 9.17) is 14.7 Å². The molecule has 1 unspecified atom stereocenters. The largest absolute Gasteiger partial charge is 0.523 e. The van der Waals surface area contributed by atoms with E-state index < -0.39 is 18.3 Å². The molecule has 1 saturated carbocycles. The number of aromatic nitrogens is 3. The van der Waals surface area contributed by atoms with Crippen molar-refractivity contribution >= 4 is 28.1 Å². The normalized spacial score (nSPS) is 18.0. The molecular weight excluding hydrogens is 514 g/mol. The Labute approximate surface area is 220 Å². The Kier molecular flexibility index (Phi) is 6.30. The van der Waals surface area contributed by atoms with E-state index in [0.717, 1.165) is 12.8 Å². The van der Waals surface area contributed by atoms with Crippen LogP contribution in [0.25, 0.3) is 28.1 Å². The van der Waals surface area contributed by atoms with Gasteiger partial charge in [-0.25, -0.2) is 14.4 Å². The van der Waals surface area contributed by atoms with Gasteiger partial charge in [-0.1, -0.05) is 12.2 Å². The summed E-state index contributed by atoms with van der Waals surface area (Å²) < 4.78 is 64.0. The first-order valence-electron chi connectivity index (χ1n) is 12.4. The highest BCUT2D eigenvalue weighted by molar-refractivity contribution is 5.87. The number of alkyl halides is 3. The first-order chi connectivity index (χ1) is 18.8. The summed E-state index contributed by atoms with van der Waals surface area (Å²) in [5.41, 5.74) is 4.11. The second-order valence-electron chi connectivity index (χ2n) is 9.31. The van der Waals surface area contributed by atoms with Gasteiger partial charge < -0.3 is 14.6 Å². The lowest BCUT2D eigenvalue weighted by molar-refractivity contribution is -0.335. The molecule has 1 atom stereocenters. The SMILES string of the molecule is COc1ncccc1Nc1cc2nc3ccc(F)cc3n(C3=CCC(OC(F)(F)F)C=C3)c-2cc1=NC1CC1. The van der Waals surface area contributed by atoms with Gasteiger partial charge in [0.05, 0.1) is 52.7 Å². The van der Waals surface area contributed by atoms with Gasteiger partial charge in [0.2, 0.25) is 5.88 Å². The average Bonchev–Trinajstić information content (AvgIpc) is 3.72. The molecule has 200 valence electrons. The van der Waals surface area contributed by atoms with Crippen molar-refractivity contribution in [1.29, 1.82) is 0 Å². The van der Waals surface area contributed by atoms with Gasteiger partial charge in [-0.2, -0.15) is 0 Å². The summed E-state index contributed by atoms with van der Waals surface area (Å²) in [6.07, 6.45) is 2.24. The number of benzene rings is 2. The minimum Gasteiger partial charge on any atom is -0.480 e. The number of hydrogen-bond acceptors (Lipinski definition) is 6. The Balaban J connectivity index is 1.53. The lowest BCUT2D eigenvalue weighted by atomic mass is 10.1. The van der Waals surface area contributed by atoms with Crippen LogP contribution in [0.5, 0.6) is 5.88 Å². The average molecular weight is 538 g/mol. The number of pyridine rings is 1. The summed E-state index contributed by atoms with van der Waals surface area (Å²) >= 11 is 0. The number of nitrogens with one attached hydrogen (secondary N) is 1. The molecule has 1 aromatic heterocycles. The van der Waals surface area contributed by atoms with Crippen molar-refractivity contribution in [2.24, 2.45) is 4.99 Å². The molecule has 0 bridgehead atoms. The van der Waals surface area contributed by atoms with E-state index in [0.29, 0.717) is 50.7 Å². The number of allylic oxidation sites excluding steroid dienone is 2. The van der Waals surface area contributed by atoms with E-state index >= 15 is 0 Å². The molecule has 1 aliphatic heterocycles.